The normalized spacial score (nSPS) is 15.5. The van der Waals surface area contributed by atoms with Gasteiger partial charge in [-0.1, -0.05) is 103 Å². The highest BCUT2D eigenvalue weighted by molar-refractivity contribution is 5.80. The lowest BCUT2D eigenvalue weighted by Gasteiger charge is -2.37. The average Bonchev–Trinajstić information content (AvgIpc) is 3.69. The van der Waals surface area contributed by atoms with Crippen molar-refractivity contribution in [1.82, 2.24) is 14.1 Å². The van der Waals surface area contributed by atoms with Gasteiger partial charge < -0.3 is 4.74 Å². The molecule has 1 aliphatic rings. The second-order valence-electron chi connectivity index (χ2n) is 11.3. The molecule has 45 heavy (non-hydrogen) atoms. The first kappa shape index (κ1) is 28.8. The molecule has 8 heteroatoms. The van der Waals surface area contributed by atoms with E-state index in [1.54, 1.807) is 27.5 Å². The molecule has 0 N–H and O–H groups in total. The lowest BCUT2D eigenvalue weighted by molar-refractivity contribution is -0.137. The van der Waals surface area contributed by atoms with Gasteiger partial charge in [-0.2, -0.15) is 13.2 Å². The highest BCUT2D eigenvalue weighted by Gasteiger charge is 2.42. The van der Waals surface area contributed by atoms with E-state index in [1.807, 2.05) is 91.0 Å². The minimum absolute atomic E-state index is 0.168. The predicted octanol–water partition coefficient (Wildman–Crippen LogP) is 7.90. The second kappa shape index (κ2) is 11.5. The number of hydrogen-bond acceptors (Lipinski definition) is 3. The van der Waals surface area contributed by atoms with E-state index in [0.29, 0.717) is 35.4 Å². The van der Waals surface area contributed by atoms with Gasteiger partial charge in [-0.15, -0.1) is 0 Å². The van der Waals surface area contributed by atoms with Crippen LogP contribution in [-0.2, 0) is 23.0 Å². The number of pyridine rings is 1. The molecule has 0 radical (unpaired) electrons. The number of alkyl halides is 3. The number of hydrogen-bond donors (Lipinski definition) is 0. The van der Waals surface area contributed by atoms with Gasteiger partial charge in [0.05, 0.1) is 23.7 Å². The van der Waals surface area contributed by atoms with E-state index in [2.05, 4.69) is 0 Å². The van der Waals surface area contributed by atoms with Gasteiger partial charge in [0.25, 0.3) is 0 Å². The molecular formula is C37H30F3N3O2. The van der Waals surface area contributed by atoms with Crippen LogP contribution in [-0.4, -0.2) is 26.8 Å². The van der Waals surface area contributed by atoms with E-state index in [9.17, 15) is 18.0 Å². The van der Waals surface area contributed by atoms with Gasteiger partial charge in [0, 0.05) is 18.4 Å². The molecule has 7 rings (SSSR count). The van der Waals surface area contributed by atoms with Crippen LogP contribution < -0.4 is 5.69 Å². The van der Waals surface area contributed by atoms with Crippen molar-refractivity contribution < 1.29 is 17.9 Å². The molecule has 0 spiro atoms. The molecule has 226 valence electrons. The van der Waals surface area contributed by atoms with Gasteiger partial charge in [-0.25, -0.2) is 9.78 Å². The number of benzene rings is 4. The van der Waals surface area contributed by atoms with Gasteiger partial charge in [0.15, 0.2) is 5.65 Å². The van der Waals surface area contributed by atoms with E-state index in [4.69, 9.17) is 9.72 Å². The van der Waals surface area contributed by atoms with Crippen LogP contribution in [0.2, 0.25) is 0 Å². The monoisotopic (exact) mass is 605 g/mol. The van der Waals surface area contributed by atoms with Crippen molar-refractivity contribution in [3.63, 3.8) is 0 Å². The third-order valence-electron chi connectivity index (χ3n) is 8.62. The third kappa shape index (κ3) is 5.05. The van der Waals surface area contributed by atoms with E-state index < -0.39 is 17.3 Å². The fourth-order valence-electron chi connectivity index (χ4n) is 6.56. The maximum Gasteiger partial charge on any atom is 0.416 e. The zero-order valence-electron chi connectivity index (χ0n) is 24.3. The maximum atomic E-state index is 15.0. The van der Waals surface area contributed by atoms with Crippen molar-refractivity contribution in [2.24, 2.45) is 0 Å². The lowest BCUT2D eigenvalue weighted by atomic mass is 9.76. The van der Waals surface area contributed by atoms with Crippen LogP contribution >= 0.6 is 0 Å². The van der Waals surface area contributed by atoms with Crippen molar-refractivity contribution in [2.45, 2.75) is 37.2 Å². The topological polar surface area (TPSA) is 49.1 Å². The van der Waals surface area contributed by atoms with Gasteiger partial charge in [0.1, 0.15) is 5.54 Å². The molecule has 1 aliphatic heterocycles. The number of aromatic nitrogens is 3. The Labute approximate surface area is 258 Å². The molecule has 1 atom stereocenters. The Morgan fingerprint density at radius 3 is 1.84 bits per heavy atom. The van der Waals surface area contributed by atoms with Gasteiger partial charge in [-0.05, 0) is 53.3 Å². The molecule has 0 aliphatic carbocycles. The summed E-state index contributed by atoms with van der Waals surface area (Å²) in [5.74, 6) is 0. The van der Waals surface area contributed by atoms with Crippen LogP contribution in [0.5, 0.6) is 0 Å². The maximum absolute atomic E-state index is 15.0. The summed E-state index contributed by atoms with van der Waals surface area (Å²) in [6.45, 7) is 0.915. The Hall–Kier alpha value is -4.95. The molecule has 3 heterocycles. The molecule has 4 aromatic carbocycles. The number of ether oxygens (including phenoxy) is 1. The van der Waals surface area contributed by atoms with Crippen molar-refractivity contribution in [1.29, 1.82) is 0 Å². The average molecular weight is 606 g/mol. The third-order valence-corrected chi connectivity index (χ3v) is 8.62. The quantitative estimate of drug-likeness (QED) is 0.174. The zero-order valence-corrected chi connectivity index (χ0v) is 24.3. The first-order valence-corrected chi connectivity index (χ1v) is 14.9. The molecule has 0 saturated carbocycles. The Morgan fingerprint density at radius 2 is 1.31 bits per heavy atom. The minimum Gasteiger partial charge on any atom is -0.376 e. The molecule has 1 saturated heterocycles. The fraction of sp³-hybridized carbons (Fsp3) is 0.189. The fourth-order valence-corrected chi connectivity index (χ4v) is 6.56. The number of fused-ring (bicyclic) bond motifs is 1. The van der Waals surface area contributed by atoms with Gasteiger partial charge >= 0.3 is 11.9 Å². The summed E-state index contributed by atoms with van der Waals surface area (Å²) < 4.78 is 50.2. The smallest absolute Gasteiger partial charge is 0.376 e. The van der Waals surface area contributed by atoms with E-state index in [-0.39, 0.29) is 11.8 Å². The van der Waals surface area contributed by atoms with Gasteiger partial charge in [-0.3, -0.25) is 9.13 Å². The van der Waals surface area contributed by atoms with Crippen molar-refractivity contribution >= 4 is 11.2 Å². The lowest BCUT2D eigenvalue weighted by Crippen LogP contribution is -2.45. The van der Waals surface area contributed by atoms with Crippen molar-refractivity contribution in [3.05, 3.63) is 160 Å². The Kier molecular flexibility index (Phi) is 7.37. The first-order valence-electron chi connectivity index (χ1n) is 14.9. The molecule has 6 aromatic rings. The number of imidazole rings is 1. The van der Waals surface area contributed by atoms with Crippen LogP contribution in [0.4, 0.5) is 13.2 Å². The summed E-state index contributed by atoms with van der Waals surface area (Å²) in [6.07, 6.45) is -1.40. The number of nitrogens with zero attached hydrogens (tertiary/aromatic N) is 3. The van der Waals surface area contributed by atoms with Crippen LogP contribution in [0.3, 0.4) is 0 Å². The molecule has 0 bridgehead atoms. The summed E-state index contributed by atoms with van der Waals surface area (Å²) in [7, 11) is 0. The largest absolute Gasteiger partial charge is 0.416 e. The molecule has 1 unspecified atom stereocenters. The molecule has 0 amide bonds. The van der Waals surface area contributed by atoms with Crippen LogP contribution in [0.15, 0.2) is 132 Å². The summed E-state index contributed by atoms with van der Waals surface area (Å²) in [5.41, 5.74) is 2.24. The summed E-state index contributed by atoms with van der Waals surface area (Å²) >= 11 is 0. The van der Waals surface area contributed by atoms with E-state index in [0.717, 1.165) is 41.7 Å². The van der Waals surface area contributed by atoms with E-state index in [1.165, 1.54) is 6.07 Å². The minimum atomic E-state index is -4.49. The Balaban J connectivity index is 1.57. The predicted molar refractivity (Wildman–Crippen MR) is 168 cm³/mol. The summed E-state index contributed by atoms with van der Waals surface area (Å²) in [5, 5.41) is 0. The zero-order chi connectivity index (χ0) is 31.0. The molecule has 5 nitrogen and oxygen atoms in total. The van der Waals surface area contributed by atoms with Crippen LogP contribution in [0.1, 0.15) is 35.1 Å². The summed E-state index contributed by atoms with van der Waals surface area (Å²) in [6, 6.07) is 36.5. The van der Waals surface area contributed by atoms with Crippen molar-refractivity contribution in [3.8, 4) is 11.1 Å². The second-order valence-corrected chi connectivity index (χ2v) is 11.3. The Morgan fingerprint density at radius 1 is 0.733 bits per heavy atom. The SMILES string of the molecule is O=c1n(CC2CCCO2)c2cc(-c3cccc(C(F)(F)F)c3)cnc2n1C(c1ccccc1)(c1ccccc1)c1ccccc1. The molecule has 1 fully saturated rings. The van der Waals surface area contributed by atoms with Gasteiger partial charge in [0.2, 0.25) is 0 Å². The van der Waals surface area contributed by atoms with Crippen molar-refractivity contribution in [2.75, 3.05) is 6.61 Å². The Bertz CT molecular complexity index is 1900. The highest BCUT2D eigenvalue weighted by Crippen LogP contribution is 2.42. The standard InChI is InChI=1S/C37H30F3N3O2/c38-37(39,40)31-19-10-12-26(22-31)27-23-33-34(41-24-27)43(35(44)42(33)25-32-20-11-21-45-32)36(28-13-4-1-5-14-28,29-15-6-2-7-16-29)30-17-8-3-9-18-30/h1-10,12-19,22-24,32H,11,20-21,25H2. The molecular weight excluding hydrogens is 575 g/mol. The highest BCUT2D eigenvalue weighted by atomic mass is 19.4. The van der Waals surface area contributed by atoms with E-state index >= 15 is 0 Å². The number of halogens is 3. The molecule has 2 aromatic heterocycles. The summed E-state index contributed by atoms with van der Waals surface area (Å²) in [4.78, 5) is 19.8. The first-order chi connectivity index (χ1) is 21.9. The van der Waals surface area contributed by atoms with Crippen LogP contribution in [0.25, 0.3) is 22.3 Å². The number of rotatable bonds is 7. The van der Waals surface area contributed by atoms with Crippen LogP contribution in [0, 0.1) is 0 Å².